The van der Waals surface area contributed by atoms with E-state index in [9.17, 15) is 9.50 Å². The van der Waals surface area contributed by atoms with E-state index in [1.165, 1.54) is 21.9 Å². The molecule has 1 atom stereocenters. The van der Waals surface area contributed by atoms with E-state index in [-0.39, 0.29) is 17.7 Å². The van der Waals surface area contributed by atoms with Crippen molar-refractivity contribution >= 4 is 16.3 Å². The molecule has 0 radical (unpaired) electrons. The summed E-state index contributed by atoms with van der Waals surface area (Å²) in [5.74, 6) is 0.467. The van der Waals surface area contributed by atoms with Gasteiger partial charge in [0.2, 0.25) is 10.8 Å². The van der Waals surface area contributed by atoms with Crippen molar-refractivity contribution in [2.45, 2.75) is 25.8 Å². The van der Waals surface area contributed by atoms with Crippen LogP contribution in [0.15, 0.2) is 24.3 Å². The molecule has 0 aliphatic carbocycles. The maximum absolute atomic E-state index is 13.7. The highest BCUT2D eigenvalue weighted by molar-refractivity contribution is 7.17. The lowest BCUT2D eigenvalue weighted by Gasteiger charge is -2.27. The number of aromatic nitrogens is 3. The van der Waals surface area contributed by atoms with E-state index in [2.05, 4.69) is 15.0 Å². The van der Waals surface area contributed by atoms with Gasteiger partial charge >= 0.3 is 0 Å². The molecule has 1 aliphatic heterocycles. The lowest BCUT2D eigenvalue weighted by Crippen LogP contribution is -2.26. The molecule has 0 bridgehead atoms. The fourth-order valence-corrected chi connectivity index (χ4v) is 4.39. The fourth-order valence-electron chi connectivity index (χ4n) is 3.23. The van der Waals surface area contributed by atoms with Gasteiger partial charge in [-0.05, 0) is 50.6 Å². The number of fused-ring (bicyclic) bond motifs is 1. The fraction of sp³-hybridized carbons (Fsp3) is 0.375. The second-order valence-electron chi connectivity index (χ2n) is 5.84. The average Bonchev–Trinajstić information content (AvgIpc) is 3.21. The zero-order chi connectivity index (χ0) is 16.0. The SMILES string of the molecule is Cc1nc2sc([C@@H](c3cccc(F)c3)N3CCCC3)c(O)n2n1. The van der Waals surface area contributed by atoms with Gasteiger partial charge in [0.25, 0.3) is 0 Å². The molecule has 1 aliphatic rings. The molecule has 0 unspecified atom stereocenters. The van der Waals surface area contributed by atoms with Crippen LogP contribution >= 0.6 is 11.3 Å². The lowest BCUT2D eigenvalue weighted by molar-refractivity contribution is 0.276. The van der Waals surface area contributed by atoms with Crippen LogP contribution in [-0.2, 0) is 0 Å². The molecular weight excluding hydrogens is 315 g/mol. The number of aryl methyl sites for hydroxylation is 1. The number of hydrogen-bond acceptors (Lipinski definition) is 5. The molecule has 120 valence electrons. The van der Waals surface area contributed by atoms with Crippen LogP contribution in [0, 0.1) is 12.7 Å². The van der Waals surface area contributed by atoms with Gasteiger partial charge in [0.1, 0.15) is 11.6 Å². The Kier molecular flexibility index (Phi) is 3.54. The highest BCUT2D eigenvalue weighted by Gasteiger charge is 2.31. The van der Waals surface area contributed by atoms with Crippen molar-refractivity contribution in [3.63, 3.8) is 0 Å². The second kappa shape index (κ2) is 5.58. The van der Waals surface area contributed by atoms with Crippen LogP contribution in [0.4, 0.5) is 4.39 Å². The number of aromatic hydroxyl groups is 1. The van der Waals surface area contributed by atoms with Crippen LogP contribution in [0.5, 0.6) is 5.88 Å². The minimum atomic E-state index is -0.263. The average molecular weight is 332 g/mol. The smallest absolute Gasteiger partial charge is 0.230 e. The van der Waals surface area contributed by atoms with Crippen molar-refractivity contribution < 1.29 is 9.50 Å². The van der Waals surface area contributed by atoms with Crippen molar-refractivity contribution in [2.75, 3.05) is 13.1 Å². The van der Waals surface area contributed by atoms with Crippen molar-refractivity contribution in [3.05, 3.63) is 46.3 Å². The first-order chi connectivity index (χ1) is 11.1. The first kappa shape index (κ1) is 14.6. The minimum Gasteiger partial charge on any atom is -0.492 e. The molecule has 2 aromatic heterocycles. The number of nitrogens with zero attached hydrogens (tertiary/aromatic N) is 4. The molecule has 3 aromatic rings. The molecule has 7 heteroatoms. The van der Waals surface area contributed by atoms with E-state index in [4.69, 9.17) is 0 Å². The molecule has 1 fully saturated rings. The molecule has 1 N–H and O–H groups in total. The van der Waals surface area contributed by atoms with Crippen molar-refractivity contribution in [3.8, 4) is 5.88 Å². The Hall–Kier alpha value is -1.99. The Balaban J connectivity index is 1.86. The summed E-state index contributed by atoms with van der Waals surface area (Å²) in [6.07, 6.45) is 2.24. The third-order valence-electron chi connectivity index (χ3n) is 4.22. The van der Waals surface area contributed by atoms with Crippen LogP contribution in [0.1, 0.15) is 35.1 Å². The Bertz CT molecular complexity index is 853. The third-order valence-corrected chi connectivity index (χ3v) is 5.30. The van der Waals surface area contributed by atoms with Gasteiger partial charge in [-0.3, -0.25) is 4.90 Å². The second-order valence-corrected chi connectivity index (χ2v) is 6.85. The first-order valence-electron chi connectivity index (χ1n) is 7.68. The number of hydrogen-bond donors (Lipinski definition) is 1. The number of benzene rings is 1. The van der Waals surface area contributed by atoms with E-state index in [1.807, 2.05) is 6.07 Å². The zero-order valence-corrected chi connectivity index (χ0v) is 13.6. The molecule has 1 saturated heterocycles. The van der Waals surface area contributed by atoms with Crippen LogP contribution in [0.3, 0.4) is 0 Å². The normalized spacial score (nSPS) is 17.1. The quantitative estimate of drug-likeness (QED) is 0.801. The van der Waals surface area contributed by atoms with Gasteiger partial charge in [-0.15, -0.1) is 5.10 Å². The molecular formula is C16H17FN4OS. The highest BCUT2D eigenvalue weighted by atomic mass is 32.1. The van der Waals surface area contributed by atoms with Gasteiger partial charge in [-0.1, -0.05) is 23.5 Å². The summed E-state index contributed by atoms with van der Waals surface area (Å²) in [6, 6.07) is 6.45. The van der Waals surface area contributed by atoms with Crippen molar-refractivity contribution in [2.24, 2.45) is 0 Å². The van der Waals surface area contributed by atoms with Crippen LogP contribution < -0.4 is 0 Å². The van der Waals surface area contributed by atoms with E-state index in [1.54, 1.807) is 19.1 Å². The monoisotopic (exact) mass is 332 g/mol. The van der Waals surface area contributed by atoms with E-state index < -0.39 is 0 Å². The number of likely N-dealkylation sites (tertiary alicyclic amines) is 1. The first-order valence-corrected chi connectivity index (χ1v) is 8.49. The van der Waals surface area contributed by atoms with Gasteiger partial charge < -0.3 is 5.11 Å². The zero-order valence-electron chi connectivity index (χ0n) is 12.7. The van der Waals surface area contributed by atoms with E-state index >= 15 is 0 Å². The highest BCUT2D eigenvalue weighted by Crippen LogP contribution is 2.41. The predicted molar refractivity (Wildman–Crippen MR) is 86.3 cm³/mol. The maximum Gasteiger partial charge on any atom is 0.230 e. The third kappa shape index (κ3) is 2.49. The Morgan fingerprint density at radius 3 is 2.78 bits per heavy atom. The molecule has 5 nitrogen and oxygen atoms in total. The summed E-state index contributed by atoms with van der Waals surface area (Å²) in [7, 11) is 0. The number of thiazole rings is 1. The number of halogens is 1. The topological polar surface area (TPSA) is 53.7 Å². The molecule has 0 spiro atoms. The molecule has 0 saturated carbocycles. The minimum absolute atomic E-state index is 0.103. The van der Waals surface area contributed by atoms with Crippen LogP contribution in [0.2, 0.25) is 0 Å². The van der Waals surface area contributed by atoms with Crippen LogP contribution in [-0.4, -0.2) is 37.7 Å². The summed E-state index contributed by atoms with van der Waals surface area (Å²) in [6.45, 7) is 3.67. The van der Waals surface area contributed by atoms with E-state index in [0.29, 0.717) is 10.8 Å². The molecule has 3 heterocycles. The predicted octanol–water partition coefficient (Wildman–Crippen LogP) is 3.13. The van der Waals surface area contributed by atoms with Gasteiger partial charge in [-0.2, -0.15) is 4.52 Å². The Morgan fingerprint density at radius 2 is 2.09 bits per heavy atom. The number of rotatable bonds is 3. The summed E-state index contributed by atoms with van der Waals surface area (Å²) >= 11 is 1.42. The Labute approximate surface area is 137 Å². The summed E-state index contributed by atoms with van der Waals surface area (Å²) in [4.78, 5) is 8.05. The molecule has 23 heavy (non-hydrogen) atoms. The summed E-state index contributed by atoms with van der Waals surface area (Å²) in [5.41, 5.74) is 0.850. The lowest BCUT2D eigenvalue weighted by atomic mass is 10.0. The summed E-state index contributed by atoms with van der Waals surface area (Å²) < 4.78 is 15.2. The van der Waals surface area contributed by atoms with Gasteiger partial charge in [0.05, 0.1) is 10.9 Å². The van der Waals surface area contributed by atoms with Gasteiger partial charge in [0.15, 0.2) is 0 Å². The van der Waals surface area contributed by atoms with Gasteiger partial charge in [-0.25, -0.2) is 9.37 Å². The van der Waals surface area contributed by atoms with Crippen molar-refractivity contribution in [1.29, 1.82) is 0 Å². The van der Waals surface area contributed by atoms with Gasteiger partial charge in [0, 0.05) is 0 Å². The van der Waals surface area contributed by atoms with Crippen molar-refractivity contribution in [1.82, 2.24) is 19.5 Å². The van der Waals surface area contributed by atoms with E-state index in [0.717, 1.165) is 36.4 Å². The molecule has 4 rings (SSSR count). The molecule has 1 aromatic carbocycles. The standard InChI is InChI=1S/C16H17FN4OS/c1-10-18-16-21(19-10)15(22)14(23-16)13(20-7-2-3-8-20)11-5-4-6-12(17)9-11/h4-6,9,13,22H,2-3,7-8H2,1H3/t13-/m1/s1. The largest absolute Gasteiger partial charge is 0.492 e. The van der Waals surface area contributed by atoms with Crippen LogP contribution in [0.25, 0.3) is 4.96 Å². The maximum atomic E-state index is 13.7. The molecule has 0 amide bonds. The summed E-state index contributed by atoms with van der Waals surface area (Å²) in [5, 5.41) is 14.8. The Morgan fingerprint density at radius 1 is 1.30 bits per heavy atom.